The highest BCUT2D eigenvalue weighted by Crippen LogP contribution is 2.24. The smallest absolute Gasteiger partial charge is 0.335 e. The predicted molar refractivity (Wildman–Crippen MR) is 280 cm³/mol. The van der Waals surface area contributed by atoms with Crippen LogP contribution < -0.4 is 0 Å². The van der Waals surface area contributed by atoms with Gasteiger partial charge in [0.25, 0.3) is 0 Å². The van der Waals surface area contributed by atoms with Gasteiger partial charge in [0, 0.05) is 12.8 Å². The van der Waals surface area contributed by atoms with Crippen molar-refractivity contribution >= 4 is 17.9 Å². The molecule has 0 aliphatic carbocycles. The fourth-order valence-corrected chi connectivity index (χ4v) is 9.59. The minimum Gasteiger partial charge on any atom is -0.479 e. The van der Waals surface area contributed by atoms with E-state index in [-0.39, 0.29) is 26.1 Å². The molecule has 69 heavy (non-hydrogen) atoms. The van der Waals surface area contributed by atoms with Crippen molar-refractivity contribution in [2.45, 2.75) is 340 Å². The molecule has 0 amide bonds. The summed E-state index contributed by atoms with van der Waals surface area (Å²) in [5.74, 6) is -2.41. The molecule has 11 heteroatoms. The lowest BCUT2D eigenvalue weighted by molar-refractivity contribution is -0.298. The van der Waals surface area contributed by atoms with E-state index >= 15 is 0 Å². The van der Waals surface area contributed by atoms with Crippen LogP contribution >= 0.6 is 0 Å². The van der Waals surface area contributed by atoms with E-state index in [1.165, 1.54) is 225 Å². The van der Waals surface area contributed by atoms with Gasteiger partial charge in [-0.3, -0.25) is 9.59 Å². The monoisotopic (exact) mass is 983 g/mol. The molecule has 6 unspecified atom stereocenters. The molecular formula is C58H110O11. The van der Waals surface area contributed by atoms with Gasteiger partial charge in [-0.1, -0.05) is 277 Å². The molecule has 1 aliphatic heterocycles. The summed E-state index contributed by atoms with van der Waals surface area (Å²) >= 11 is 0. The molecule has 408 valence electrons. The molecule has 1 saturated heterocycles. The lowest BCUT2D eigenvalue weighted by atomic mass is 9.99. The van der Waals surface area contributed by atoms with Crippen molar-refractivity contribution in [2.24, 2.45) is 0 Å². The Morgan fingerprint density at radius 3 is 0.986 bits per heavy atom. The molecule has 1 fully saturated rings. The van der Waals surface area contributed by atoms with Crippen LogP contribution in [-0.2, 0) is 33.3 Å². The third kappa shape index (κ3) is 39.4. The van der Waals surface area contributed by atoms with Crippen molar-refractivity contribution in [3.63, 3.8) is 0 Å². The number of rotatable bonds is 52. The van der Waals surface area contributed by atoms with E-state index in [0.717, 1.165) is 38.5 Å². The predicted octanol–water partition coefficient (Wildman–Crippen LogP) is 14.9. The summed E-state index contributed by atoms with van der Waals surface area (Å²) < 4.78 is 21.9. The Morgan fingerprint density at radius 1 is 0.391 bits per heavy atom. The molecule has 0 saturated carbocycles. The molecule has 0 aromatic rings. The first-order chi connectivity index (χ1) is 33.7. The summed E-state index contributed by atoms with van der Waals surface area (Å²) in [5, 5.41) is 40.1. The summed E-state index contributed by atoms with van der Waals surface area (Å²) in [6.45, 7) is 3.89. The van der Waals surface area contributed by atoms with E-state index in [9.17, 15) is 34.8 Å². The molecular weight excluding hydrogens is 873 g/mol. The molecule has 1 aliphatic rings. The number of aliphatic hydroxyl groups is 3. The summed E-state index contributed by atoms with van der Waals surface area (Å²) in [6.07, 6.45) is 45.9. The second-order valence-corrected chi connectivity index (χ2v) is 20.9. The van der Waals surface area contributed by atoms with Crippen LogP contribution in [-0.4, -0.2) is 88.4 Å². The standard InChI is InChI=1S/C58H110O11/c1-3-5-7-9-11-13-15-17-19-21-23-25-27-28-30-32-34-36-38-40-42-44-46-51(59)66-48-50(49-67-58-55(63)53(61)54(62)56(69-58)57(64)65)68-52(60)47-45-43-41-39-37-35-33-31-29-26-24-22-20-18-16-14-12-10-8-6-4-2/h50,53-56,58,61-63H,3-49H2,1-2H3,(H,64,65). The SMILES string of the molecule is CCCCCCCCCCCCCCCCCCCCCCCCC(=O)OCC(COC1OC(C(=O)O)C(O)C(O)C1O)OC(=O)CCCCCCCCCCCCCCCCCCCCCCC. The Kier molecular flexibility index (Phi) is 45.8. The molecule has 1 heterocycles. The van der Waals surface area contributed by atoms with Crippen molar-refractivity contribution in [2.75, 3.05) is 13.2 Å². The van der Waals surface area contributed by atoms with E-state index in [2.05, 4.69) is 13.8 Å². The number of carbonyl (C=O) groups is 3. The van der Waals surface area contributed by atoms with Crippen LogP contribution in [0.3, 0.4) is 0 Å². The van der Waals surface area contributed by atoms with Crippen LogP contribution in [0.2, 0.25) is 0 Å². The van der Waals surface area contributed by atoms with Gasteiger partial charge in [-0.15, -0.1) is 0 Å². The Hall–Kier alpha value is -1.79. The number of unbranched alkanes of at least 4 members (excludes halogenated alkanes) is 41. The molecule has 11 nitrogen and oxygen atoms in total. The van der Waals surface area contributed by atoms with Gasteiger partial charge in [-0.05, 0) is 12.8 Å². The Balaban J connectivity index is 2.21. The molecule has 0 spiro atoms. The van der Waals surface area contributed by atoms with Gasteiger partial charge in [0.2, 0.25) is 0 Å². The van der Waals surface area contributed by atoms with Crippen LogP contribution in [0.5, 0.6) is 0 Å². The number of ether oxygens (including phenoxy) is 4. The summed E-state index contributed by atoms with van der Waals surface area (Å²) in [5.41, 5.74) is 0. The number of aliphatic hydroxyl groups excluding tert-OH is 3. The highest BCUT2D eigenvalue weighted by Gasteiger charge is 2.47. The number of carboxylic acids is 1. The second-order valence-electron chi connectivity index (χ2n) is 20.9. The lowest BCUT2D eigenvalue weighted by Crippen LogP contribution is -2.60. The maximum absolute atomic E-state index is 12.9. The van der Waals surface area contributed by atoms with E-state index in [1.54, 1.807) is 0 Å². The van der Waals surface area contributed by atoms with Crippen molar-refractivity contribution < 1.29 is 53.8 Å². The third-order valence-electron chi connectivity index (χ3n) is 14.2. The number of aliphatic carboxylic acids is 1. The molecule has 0 aromatic carbocycles. The number of esters is 2. The topological polar surface area (TPSA) is 169 Å². The number of hydrogen-bond donors (Lipinski definition) is 4. The zero-order valence-corrected chi connectivity index (χ0v) is 44.8. The first-order valence-corrected chi connectivity index (χ1v) is 29.6. The van der Waals surface area contributed by atoms with Crippen LogP contribution in [0, 0.1) is 0 Å². The average molecular weight is 984 g/mol. The van der Waals surface area contributed by atoms with Crippen molar-refractivity contribution in [3.05, 3.63) is 0 Å². The maximum atomic E-state index is 12.9. The largest absolute Gasteiger partial charge is 0.479 e. The number of carbonyl (C=O) groups excluding carboxylic acids is 2. The maximum Gasteiger partial charge on any atom is 0.335 e. The first kappa shape index (κ1) is 65.2. The second kappa shape index (κ2) is 48.5. The summed E-state index contributed by atoms with van der Waals surface area (Å²) in [7, 11) is 0. The zero-order chi connectivity index (χ0) is 50.3. The van der Waals surface area contributed by atoms with Crippen LogP contribution in [0.15, 0.2) is 0 Å². The summed E-state index contributed by atoms with van der Waals surface area (Å²) in [4.78, 5) is 37.1. The molecule has 0 aromatic heterocycles. The summed E-state index contributed by atoms with van der Waals surface area (Å²) in [6, 6.07) is 0. The molecule has 4 N–H and O–H groups in total. The molecule has 1 rings (SSSR count). The van der Waals surface area contributed by atoms with E-state index < -0.39 is 54.7 Å². The fraction of sp³-hybridized carbons (Fsp3) is 0.948. The van der Waals surface area contributed by atoms with E-state index in [1.807, 2.05) is 0 Å². The molecule has 0 bridgehead atoms. The highest BCUT2D eigenvalue weighted by atomic mass is 16.7. The van der Waals surface area contributed by atoms with Gasteiger partial charge < -0.3 is 39.4 Å². The quantitative estimate of drug-likeness (QED) is 0.0338. The van der Waals surface area contributed by atoms with Gasteiger partial charge in [-0.25, -0.2) is 4.79 Å². The number of hydrogen-bond acceptors (Lipinski definition) is 10. The van der Waals surface area contributed by atoms with Crippen LogP contribution in [0.4, 0.5) is 0 Å². The van der Waals surface area contributed by atoms with Crippen molar-refractivity contribution in [3.8, 4) is 0 Å². The minimum atomic E-state index is -1.86. The zero-order valence-electron chi connectivity index (χ0n) is 44.8. The Labute approximate surface area is 423 Å². The van der Waals surface area contributed by atoms with Gasteiger partial charge in [0.15, 0.2) is 18.5 Å². The molecule has 6 atom stereocenters. The Bertz CT molecular complexity index is 1150. The van der Waals surface area contributed by atoms with E-state index in [0.29, 0.717) is 12.8 Å². The van der Waals surface area contributed by atoms with Gasteiger partial charge in [0.05, 0.1) is 6.61 Å². The highest BCUT2D eigenvalue weighted by molar-refractivity contribution is 5.73. The number of carboxylic acid groups (broad SMARTS) is 1. The lowest BCUT2D eigenvalue weighted by Gasteiger charge is -2.38. The minimum absolute atomic E-state index is 0.192. The first-order valence-electron chi connectivity index (χ1n) is 29.6. The van der Waals surface area contributed by atoms with Crippen molar-refractivity contribution in [1.82, 2.24) is 0 Å². The van der Waals surface area contributed by atoms with Gasteiger partial charge in [-0.2, -0.15) is 0 Å². The fourth-order valence-electron chi connectivity index (χ4n) is 9.59. The average Bonchev–Trinajstić information content (AvgIpc) is 3.34. The van der Waals surface area contributed by atoms with E-state index in [4.69, 9.17) is 18.9 Å². The third-order valence-corrected chi connectivity index (χ3v) is 14.2. The van der Waals surface area contributed by atoms with Crippen molar-refractivity contribution in [1.29, 1.82) is 0 Å². The van der Waals surface area contributed by atoms with Gasteiger partial charge in [0.1, 0.15) is 24.9 Å². The van der Waals surface area contributed by atoms with Crippen LogP contribution in [0.25, 0.3) is 0 Å². The Morgan fingerprint density at radius 2 is 0.681 bits per heavy atom. The molecule has 0 radical (unpaired) electrons. The normalized spacial score (nSPS) is 18.7. The van der Waals surface area contributed by atoms with Gasteiger partial charge >= 0.3 is 17.9 Å². The van der Waals surface area contributed by atoms with Crippen LogP contribution in [0.1, 0.15) is 303 Å².